The Bertz CT molecular complexity index is 1110. The SMILES string of the molecule is CCc1ccc(-c2nc(-c3cccc(OC)c3)c3ccc(Cl)cc3n2)cc1. The molecule has 0 aliphatic rings. The lowest BCUT2D eigenvalue weighted by atomic mass is 10.0. The molecule has 1 heterocycles. The van der Waals surface area contributed by atoms with Crippen LogP contribution in [0.4, 0.5) is 0 Å². The monoisotopic (exact) mass is 374 g/mol. The first-order valence-electron chi connectivity index (χ1n) is 8.89. The molecular weight excluding hydrogens is 356 g/mol. The number of benzene rings is 3. The summed E-state index contributed by atoms with van der Waals surface area (Å²) in [7, 11) is 1.66. The zero-order chi connectivity index (χ0) is 18.8. The van der Waals surface area contributed by atoms with Crippen LogP contribution in [0, 0.1) is 0 Å². The molecule has 0 atom stereocenters. The maximum Gasteiger partial charge on any atom is 0.160 e. The normalized spacial score (nSPS) is 10.9. The third kappa shape index (κ3) is 3.51. The van der Waals surface area contributed by atoms with Gasteiger partial charge in [0.05, 0.1) is 18.3 Å². The summed E-state index contributed by atoms with van der Waals surface area (Å²) in [5.41, 5.74) is 4.94. The number of aryl methyl sites for hydroxylation is 1. The van der Waals surface area contributed by atoms with Crippen molar-refractivity contribution in [2.24, 2.45) is 0 Å². The van der Waals surface area contributed by atoms with Gasteiger partial charge in [-0.15, -0.1) is 0 Å². The van der Waals surface area contributed by atoms with Gasteiger partial charge in [-0.25, -0.2) is 9.97 Å². The van der Waals surface area contributed by atoms with Crippen LogP contribution in [-0.4, -0.2) is 17.1 Å². The third-order valence-corrected chi connectivity index (χ3v) is 4.86. The van der Waals surface area contributed by atoms with Crippen molar-refractivity contribution in [1.82, 2.24) is 9.97 Å². The second kappa shape index (κ2) is 7.37. The lowest BCUT2D eigenvalue weighted by molar-refractivity contribution is 0.415. The Hall–Kier alpha value is -2.91. The van der Waals surface area contributed by atoms with E-state index >= 15 is 0 Å². The third-order valence-electron chi connectivity index (χ3n) is 4.62. The number of ether oxygens (including phenoxy) is 1. The van der Waals surface area contributed by atoms with Crippen LogP contribution < -0.4 is 4.74 Å². The van der Waals surface area contributed by atoms with E-state index in [1.165, 1.54) is 5.56 Å². The Morgan fingerprint density at radius 2 is 1.70 bits per heavy atom. The summed E-state index contributed by atoms with van der Waals surface area (Å²) in [6.45, 7) is 2.14. The highest BCUT2D eigenvalue weighted by atomic mass is 35.5. The van der Waals surface area contributed by atoms with Gasteiger partial charge in [0.1, 0.15) is 5.75 Å². The fourth-order valence-corrected chi connectivity index (χ4v) is 3.28. The molecule has 0 amide bonds. The molecule has 0 unspecified atom stereocenters. The molecule has 27 heavy (non-hydrogen) atoms. The number of hydrogen-bond donors (Lipinski definition) is 0. The molecule has 0 spiro atoms. The van der Waals surface area contributed by atoms with Crippen LogP contribution in [0.5, 0.6) is 5.75 Å². The summed E-state index contributed by atoms with van der Waals surface area (Å²) in [6.07, 6.45) is 1.00. The highest BCUT2D eigenvalue weighted by Crippen LogP contribution is 2.32. The first kappa shape index (κ1) is 17.5. The standard InChI is InChI=1S/C23H19ClN2O/c1-3-15-7-9-16(10-8-15)23-25-21-14-18(24)11-12-20(21)22(26-23)17-5-4-6-19(13-17)27-2/h4-14H,3H2,1-2H3. The van der Waals surface area contributed by atoms with Crippen molar-refractivity contribution >= 4 is 22.5 Å². The lowest BCUT2D eigenvalue weighted by Crippen LogP contribution is -1.96. The Morgan fingerprint density at radius 1 is 0.889 bits per heavy atom. The van der Waals surface area contributed by atoms with Gasteiger partial charge in [-0.05, 0) is 42.3 Å². The quantitative estimate of drug-likeness (QED) is 0.427. The van der Waals surface area contributed by atoms with Gasteiger partial charge in [-0.2, -0.15) is 0 Å². The molecule has 0 saturated carbocycles. The fraction of sp³-hybridized carbons (Fsp3) is 0.130. The van der Waals surface area contributed by atoms with Crippen molar-refractivity contribution in [2.45, 2.75) is 13.3 Å². The van der Waals surface area contributed by atoms with Gasteiger partial charge in [0.25, 0.3) is 0 Å². The predicted octanol–water partition coefficient (Wildman–Crippen LogP) is 6.19. The van der Waals surface area contributed by atoms with Crippen molar-refractivity contribution in [3.05, 3.63) is 77.3 Å². The molecule has 0 aliphatic carbocycles. The van der Waals surface area contributed by atoms with Gasteiger partial charge in [-0.3, -0.25) is 0 Å². The van der Waals surface area contributed by atoms with E-state index in [0.717, 1.165) is 39.9 Å². The number of aromatic nitrogens is 2. The zero-order valence-corrected chi connectivity index (χ0v) is 16.0. The average molecular weight is 375 g/mol. The Morgan fingerprint density at radius 3 is 2.44 bits per heavy atom. The second-order valence-corrected chi connectivity index (χ2v) is 6.78. The van der Waals surface area contributed by atoms with Crippen LogP contribution in [0.1, 0.15) is 12.5 Å². The van der Waals surface area contributed by atoms with E-state index in [0.29, 0.717) is 10.8 Å². The lowest BCUT2D eigenvalue weighted by Gasteiger charge is -2.11. The predicted molar refractivity (Wildman–Crippen MR) is 111 cm³/mol. The van der Waals surface area contributed by atoms with E-state index in [4.69, 9.17) is 26.3 Å². The summed E-state index contributed by atoms with van der Waals surface area (Å²) in [5.74, 6) is 1.48. The highest BCUT2D eigenvalue weighted by Gasteiger charge is 2.12. The first-order valence-corrected chi connectivity index (χ1v) is 9.27. The van der Waals surface area contributed by atoms with Crippen LogP contribution in [0.15, 0.2) is 66.7 Å². The fourth-order valence-electron chi connectivity index (χ4n) is 3.11. The molecule has 0 saturated heterocycles. The van der Waals surface area contributed by atoms with E-state index in [1.807, 2.05) is 42.5 Å². The summed E-state index contributed by atoms with van der Waals surface area (Å²) in [6, 6.07) is 22.0. The molecule has 3 aromatic carbocycles. The molecule has 0 aliphatic heterocycles. The molecule has 4 heteroatoms. The van der Waals surface area contributed by atoms with Crippen molar-refractivity contribution in [3.63, 3.8) is 0 Å². The second-order valence-electron chi connectivity index (χ2n) is 6.34. The molecule has 134 valence electrons. The maximum absolute atomic E-state index is 6.22. The van der Waals surface area contributed by atoms with E-state index in [-0.39, 0.29) is 0 Å². The molecular formula is C23H19ClN2O. The number of fused-ring (bicyclic) bond motifs is 1. The van der Waals surface area contributed by atoms with Gasteiger partial charge in [0.15, 0.2) is 5.82 Å². The van der Waals surface area contributed by atoms with Gasteiger partial charge in [0.2, 0.25) is 0 Å². The van der Waals surface area contributed by atoms with E-state index < -0.39 is 0 Å². The van der Waals surface area contributed by atoms with E-state index in [9.17, 15) is 0 Å². The van der Waals surface area contributed by atoms with Gasteiger partial charge < -0.3 is 4.74 Å². The zero-order valence-electron chi connectivity index (χ0n) is 15.2. The molecule has 0 N–H and O–H groups in total. The van der Waals surface area contributed by atoms with Crippen molar-refractivity contribution < 1.29 is 4.74 Å². The summed E-state index contributed by atoms with van der Waals surface area (Å²) < 4.78 is 5.38. The van der Waals surface area contributed by atoms with Crippen molar-refractivity contribution in [1.29, 1.82) is 0 Å². The highest BCUT2D eigenvalue weighted by molar-refractivity contribution is 6.31. The molecule has 3 nitrogen and oxygen atoms in total. The van der Waals surface area contributed by atoms with Crippen molar-refractivity contribution in [2.75, 3.05) is 7.11 Å². The van der Waals surface area contributed by atoms with Crippen LogP contribution >= 0.6 is 11.6 Å². The topological polar surface area (TPSA) is 35.0 Å². The van der Waals surface area contributed by atoms with Crippen molar-refractivity contribution in [3.8, 4) is 28.4 Å². The van der Waals surface area contributed by atoms with Crippen LogP contribution in [0.25, 0.3) is 33.5 Å². The largest absolute Gasteiger partial charge is 0.497 e. The molecule has 1 aromatic heterocycles. The Balaban J connectivity index is 1.95. The molecule has 4 rings (SSSR count). The minimum absolute atomic E-state index is 0.657. The maximum atomic E-state index is 6.22. The smallest absolute Gasteiger partial charge is 0.160 e. The summed E-state index contributed by atoms with van der Waals surface area (Å²) in [5, 5.41) is 1.62. The number of methoxy groups -OCH3 is 1. The number of halogens is 1. The van der Waals surface area contributed by atoms with E-state index in [1.54, 1.807) is 7.11 Å². The minimum atomic E-state index is 0.657. The average Bonchev–Trinajstić information content (AvgIpc) is 2.72. The molecule has 0 bridgehead atoms. The number of hydrogen-bond acceptors (Lipinski definition) is 3. The minimum Gasteiger partial charge on any atom is -0.497 e. The molecule has 4 aromatic rings. The van der Waals surface area contributed by atoms with Crippen LogP contribution in [0.3, 0.4) is 0 Å². The van der Waals surface area contributed by atoms with Gasteiger partial charge in [0, 0.05) is 21.5 Å². The summed E-state index contributed by atoms with van der Waals surface area (Å²) >= 11 is 6.22. The summed E-state index contributed by atoms with van der Waals surface area (Å²) in [4.78, 5) is 9.66. The molecule has 0 fully saturated rings. The van der Waals surface area contributed by atoms with E-state index in [2.05, 4.69) is 31.2 Å². The first-order chi connectivity index (χ1) is 13.2. The van der Waals surface area contributed by atoms with Gasteiger partial charge in [-0.1, -0.05) is 54.9 Å². The van der Waals surface area contributed by atoms with Crippen LogP contribution in [0.2, 0.25) is 5.02 Å². The van der Waals surface area contributed by atoms with Crippen LogP contribution in [-0.2, 0) is 6.42 Å². The number of nitrogens with zero attached hydrogens (tertiary/aromatic N) is 2. The Kier molecular flexibility index (Phi) is 4.78. The Labute approximate surface area is 163 Å². The van der Waals surface area contributed by atoms with Gasteiger partial charge >= 0.3 is 0 Å². The molecule has 0 radical (unpaired) electrons. The number of rotatable bonds is 4.